The highest BCUT2D eigenvalue weighted by Gasteiger charge is 2.39. The van der Waals surface area contributed by atoms with Gasteiger partial charge in [0.2, 0.25) is 11.8 Å². The van der Waals surface area contributed by atoms with Crippen LogP contribution in [-0.4, -0.2) is 66.7 Å². The van der Waals surface area contributed by atoms with Gasteiger partial charge in [-0.05, 0) is 37.7 Å². The molecule has 1 atom stereocenters. The molecule has 0 aliphatic carbocycles. The van der Waals surface area contributed by atoms with E-state index in [4.69, 9.17) is 0 Å². The number of halogens is 2. The maximum absolute atomic E-state index is 13.8. The van der Waals surface area contributed by atoms with Crippen molar-refractivity contribution in [3.63, 3.8) is 0 Å². The minimum atomic E-state index is -2.85. The molecule has 2 heterocycles. The zero-order valence-corrected chi connectivity index (χ0v) is 15.9. The molecule has 2 aliphatic heterocycles. The lowest BCUT2D eigenvalue weighted by atomic mass is 10.0. The van der Waals surface area contributed by atoms with E-state index in [1.165, 1.54) is 16.8 Å². The molecule has 7 nitrogen and oxygen atoms in total. The number of nitrogens with one attached hydrogen (secondary N) is 2. The molecule has 0 radical (unpaired) electrons. The van der Waals surface area contributed by atoms with E-state index in [1.807, 2.05) is 6.07 Å². The van der Waals surface area contributed by atoms with Gasteiger partial charge in [-0.1, -0.05) is 12.1 Å². The molecule has 3 amide bonds. The van der Waals surface area contributed by atoms with Crippen molar-refractivity contribution in [1.82, 2.24) is 20.4 Å². The number of fused-ring (bicyclic) bond motifs is 1. The SMILES string of the molecule is CNCC(F)(F)CN(C)Cc1ccc2c(c1)C(=O)N(C1CCC(=O)NC1=O)C2. The number of rotatable bonds is 7. The fourth-order valence-corrected chi connectivity index (χ4v) is 3.78. The van der Waals surface area contributed by atoms with Gasteiger partial charge in [-0.3, -0.25) is 24.6 Å². The lowest BCUT2D eigenvalue weighted by Gasteiger charge is -2.29. The summed E-state index contributed by atoms with van der Waals surface area (Å²) in [5.74, 6) is -3.90. The van der Waals surface area contributed by atoms with E-state index in [1.54, 1.807) is 19.2 Å². The zero-order valence-electron chi connectivity index (χ0n) is 15.9. The first-order valence-corrected chi connectivity index (χ1v) is 9.17. The zero-order chi connectivity index (χ0) is 20.5. The summed E-state index contributed by atoms with van der Waals surface area (Å²) in [6, 6.07) is 4.65. The van der Waals surface area contributed by atoms with Crippen molar-refractivity contribution in [1.29, 1.82) is 0 Å². The number of hydrogen-bond acceptors (Lipinski definition) is 5. The van der Waals surface area contributed by atoms with Crippen LogP contribution < -0.4 is 10.6 Å². The Morgan fingerprint density at radius 2 is 2.07 bits per heavy atom. The van der Waals surface area contributed by atoms with Crippen LogP contribution in [0, 0.1) is 0 Å². The number of piperidine rings is 1. The molecular weight excluding hydrogens is 370 g/mol. The summed E-state index contributed by atoms with van der Waals surface area (Å²) >= 11 is 0. The van der Waals surface area contributed by atoms with Gasteiger partial charge in [0.1, 0.15) is 6.04 Å². The molecule has 9 heteroatoms. The van der Waals surface area contributed by atoms with Crippen LogP contribution in [-0.2, 0) is 22.7 Å². The Labute approximate surface area is 162 Å². The Morgan fingerprint density at radius 1 is 1.32 bits per heavy atom. The lowest BCUT2D eigenvalue weighted by Crippen LogP contribution is -2.52. The fourth-order valence-electron chi connectivity index (χ4n) is 3.78. The Balaban J connectivity index is 1.68. The Morgan fingerprint density at radius 3 is 2.75 bits per heavy atom. The third-order valence-electron chi connectivity index (χ3n) is 4.98. The molecular formula is C19H24F2N4O3. The molecule has 0 saturated carbocycles. The first kappa shape index (κ1) is 20.3. The van der Waals surface area contributed by atoms with E-state index in [0.29, 0.717) is 18.5 Å². The van der Waals surface area contributed by atoms with Gasteiger partial charge >= 0.3 is 0 Å². The second-order valence-electron chi connectivity index (χ2n) is 7.45. The van der Waals surface area contributed by atoms with Gasteiger partial charge in [0.25, 0.3) is 11.8 Å². The van der Waals surface area contributed by atoms with E-state index < -0.39 is 31.0 Å². The van der Waals surface area contributed by atoms with Crippen molar-refractivity contribution in [3.8, 4) is 0 Å². The van der Waals surface area contributed by atoms with Gasteiger partial charge in [-0.15, -0.1) is 0 Å². The molecule has 0 aromatic heterocycles. The van der Waals surface area contributed by atoms with Crippen molar-refractivity contribution in [2.75, 3.05) is 27.2 Å². The van der Waals surface area contributed by atoms with E-state index in [0.717, 1.165) is 11.1 Å². The van der Waals surface area contributed by atoms with Gasteiger partial charge < -0.3 is 10.2 Å². The Bertz CT molecular complexity index is 799. The van der Waals surface area contributed by atoms with Gasteiger partial charge in [-0.2, -0.15) is 0 Å². The molecule has 1 unspecified atom stereocenters. The predicted molar refractivity (Wildman–Crippen MR) is 97.7 cm³/mol. The van der Waals surface area contributed by atoms with Crippen LogP contribution in [0.25, 0.3) is 0 Å². The van der Waals surface area contributed by atoms with Crippen LogP contribution in [0.3, 0.4) is 0 Å². The molecule has 0 spiro atoms. The highest BCUT2D eigenvalue weighted by Crippen LogP contribution is 2.28. The van der Waals surface area contributed by atoms with Crippen LogP contribution >= 0.6 is 0 Å². The summed E-state index contributed by atoms with van der Waals surface area (Å²) in [5.41, 5.74) is 2.03. The number of carbonyl (C=O) groups excluding carboxylic acids is 3. The van der Waals surface area contributed by atoms with Crippen LogP contribution in [0.4, 0.5) is 8.78 Å². The second kappa shape index (κ2) is 7.92. The number of nitrogens with zero attached hydrogens (tertiary/aromatic N) is 2. The van der Waals surface area contributed by atoms with Gasteiger partial charge in [0, 0.05) is 25.1 Å². The van der Waals surface area contributed by atoms with E-state index in [9.17, 15) is 23.2 Å². The number of imide groups is 1. The molecule has 152 valence electrons. The maximum Gasteiger partial charge on any atom is 0.272 e. The molecule has 2 aliphatic rings. The standard InChI is InChI=1S/C19H24F2N4O3/c1-22-10-19(20,21)11-24(2)8-12-3-4-13-9-25(18(28)14(13)7-12)15-5-6-16(26)23-17(15)27/h3-4,7,15,22H,5-6,8-11H2,1-2H3,(H,23,26,27). The lowest BCUT2D eigenvalue weighted by molar-refractivity contribution is -0.136. The maximum atomic E-state index is 13.8. The van der Waals surface area contributed by atoms with Crippen LogP contribution in [0.2, 0.25) is 0 Å². The molecule has 0 bridgehead atoms. The molecule has 3 rings (SSSR count). The molecule has 28 heavy (non-hydrogen) atoms. The smallest absolute Gasteiger partial charge is 0.272 e. The summed E-state index contributed by atoms with van der Waals surface area (Å²) in [6.07, 6.45) is 0.508. The van der Waals surface area contributed by atoms with Crippen molar-refractivity contribution < 1.29 is 23.2 Å². The van der Waals surface area contributed by atoms with Crippen LogP contribution in [0.15, 0.2) is 18.2 Å². The summed E-state index contributed by atoms with van der Waals surface area (Å²) in [5, 5.41) is 4.75. The summed E-state index contributed by atoms with van der Waals surface area (Å²) in [4.78, 5) is 39.2. The van der Waals surface area contributed by atoms with E-state index >= 15 is 0 Å². The van der Waals surface area contributed by atoms with E-state index in [2.05, 4.69) is 10.6 Å². The number of hydrogen-bond donors (Lipinski definition) is 2. The van der Waals surface area contributed by atoms with Crippen LogP contribution in [0.1, 0.15) is 34.3 Å². The normalized spacial score (nSPS) is 20.0. The van der Waals surface area contributed by atoms with Crippen molar-refractivity contribution in [2.24, 2.45) is 0 Å². The average Bonchev–Trinajstić information content (AvgIpc) is 2.90. The average molecular weight is 394 g/mol. The highest BCUT2D eigenvalue weighted by molar-refractivity contribution is 6.05. The summed E-state index contributed by atoms with van der Waals surface area (Å²) in [6.45, 7) is -0.225. The summed E-state index contributed by atoms with van der Waals surface area (Å²) in [7, 11) is 3.09. The number of benzene rings is 1. The van der Waals surface area contributed by atoms with Gasteiger partial charge in [0.05, 0.1) is 13.1 Å². The largest absolute Gasteiger partial charge is 0.322 e. The van der Waals surface area contributed by atoms with Gasteiger partial charge in [-0.25, -0.2) is 8.78 Å². The highest BCUT2D eigenvalue weighted by atomic mass is 19.3. The van der Waals surface area contributed by atoms with Crippen LogP contribution in [0.5, 0.6) is 0 Å². The monoisotopic (exact) mass is 394 g/mol. The minimum Gasteiger partial charge on any atom is -0.322 e. The number of carbonyl (C=O) groups is 3. The van der Waals surface area contributed by atoms with E-state index in [-0.39, 0.29) is 24.8 Å². The quantitative estimate of drug-likeness (QED) is 0.667. The van der Waals surface area contributed by atoms with Gasteiger partial charge in [0.15, 0.2) is 0 Å². The first-order chi connectivity index (χ1) is 13.2. The van der Waals surface area contributed by atoms with Crippen molar-refractivity contribution in [2.45, 2.75) is 37.9 Å². The third-order valence-corrected chi connectivity index (χ3v) is 4.98. The minimum absolute atomic E-state index is 0.202. The van der Waals surface area contributed by atoms with Crippen molar-refractivity contribution in [3.05, 3.63) is 34.9 Å². The first-order valence-electron chi connectivity index (χ1n) is 9.17. The molecule has 1 aromatic carbocycles. The Kier molecular flexibility index (Phi) is 5.76. The second-order valence-corrected chi connectivity index (χ2v) is 7.45. The molecule has 1 fully saturated rings. The molecule has 1 aromatic rings. The van der Waals surface area contributed by atoms with Crippen molar-refractivity contribution >= 4 is 17.7 Å². The number of amides is 3. The molecule has 1 saturated heterocycles. The Hall–Kier alpha value is -2.39. The molecule has 2 N–H and O–H groups in total. The number of alkyl halides is 2. The third kappa shape index (κ3) is 4.36. The summed E-state index contributed by atoms with van der Waals surface area (Å²) < 4.78 is 27.5. The topological polar surface area (TPSA) is 81.8 Å². The fraction of sp³-hybridized carbons (Fsp3) is 0.526. The predicted octanol–water partition coefficient (Wildman–Crippen LogP) is 0.734.